The predicted molar refractivity (Wildman–Crippen MR) is 61.4 cm³/mol. The summed E-state index contributed by atoms with van der Waals surface area (Å²) in [5, 5.41) is 10.1. The molecular weight excluding hydrogens is 195 g/mol. The maximum absolute atomic E-state index is 10.1. The summed E-state index contributed by atoms with van der Waals surface area (Å²) in [7, 11) is -0.389. The molecule has 14 heavy (non-hydrogen) atoms. The third-order valence-corrected chi connectivity index (χ3v) is 1.01. The van der Waals surface area contributed by atoms with Gasteiger partial charge in [0, 0.05) is 33.9 Å². The minimum atomic E-state index is -1.13. The van der Waals surface area contributed by atoms with E-state index < -0.39 is 5.97 Å². The van der Waals surface area contributed by atoms with E-state index in [4.69, 9.17) is 0 Å². The fourth-order valence-corrected chi connectivity index (χ4v) is 0.574. The average molecular weight is 212 g/mol. The molecule has 1 rings (SSSR count). The molecular formula is C11H17O2P. The fraction of sp³-hybridized carbons (Fsp3) is 0.364. The van der Waals surface area contributed by atoms with Gasteiger partial charge in [0.2, 0.25) is 0 Å². The molecule has 0 radical (unpaired) electrons. The Morgan fingerprint density at radius 3 is 1.64 bits per heavy atom. The predicted octanol–water partition coefficient (Wildman–Crippen LogP) is 1.57. The lowest BCUT2D eigenvalue weighted by molar-refractivity contribution is -0.255. The van der Waals surface area contributed by atoms with E-state index in [1.165, 1.54) is 12.1 Å². The molecule has 78 valence electrons. The van der Waals surface area contributed by atoms with Gasteiger partial charge in [0.1, 0.15) is 0 Å². The Kier molecular flexibility index (Phi) is 5.40. The van der Waals surface area contributed by atoms with Crippen molar-refractivity contribution >= 4 is 13.2 Å². The van der Waals surface area contributed by atoms with Crippen molar-refractivity contribution < 1.29 is 9.90 Å². The smallest absolute Gasteiger partial charge is 0.0715 e. The van der Waals surface area contributed by atoms with E-state index in [0.29, 0.717) is 0 Å². The highest BCUT2D eigenvalue weighted by molar-refractivity contribution is 7.73. The zero-order valence-electron chi connectivity index (χ0n) is 9.15. The average Bonchev–Trinajstić information content (AvgIpc) is 2.03. The van der Waals surface area contributed by atoms with Crippen molar-refractivity contribution in [2.75, 3.05) is 26.7 Å². The molecule has 0 aliphatic heterocycles. The summed E-state index contributed by atoms with van der Waals surface area (Å²) in [6, 6.07) is 8.06. The van der Waals surface area contributed by atoms with Crippen molar-refractivity contribution in [2.45, 2.75) is 0 Å². The number of aromatic carboxylic acids is 1. The SMILES string of the molecule is C[P+](C)(C)C.O=C([O-])c1ccccc1. The summed E-state index contributed by atoms with van der Waals surface area (Å²) in [6.07, 6.45) is 0. The Morgan fingerprint density at radius 2 is 1.43 bits per heavy atom. The van der Waals surface area contributed by atoms with Crippen LogP contribution < -0.4 is 5.11 Å². The molecule has 0 atom stereocenters. The second kappa shape index (κ2) is 5.77. The molecule has 3 heteroatoms. The molecule has 0 bridgehead atoms. The summed E-state index contributed by atoms with van der Waals surface area (Å²) in [4.78, 5) is 10.1. The van der Waals surface area contributed by atoms with E-state index in [0.717, 1.165) is 0 Å². The standard InChI is InChI=1S/C7H6O2.C4H12P/c8-7(9)6-4-2-1-3-5-6;1-5(2,3)4/h1-5H,(H,8,9);1-4H3/q;+1/p-1. The van der Waals surface area contributed by atoms with Crippen molar-refractivity contribution in [1.82, 2.24) is 0 Å². The number of hydrogen-bond donors (Lipinski definition) is 0. The van der Waals surface area contributed by atoms with Crippen LogP contribution in [0.5, 0.6) is 0 Å². The highest BCUT2D eigenvalue weighted by Gasteiger charge is 2.03. The molecule has 0 unspecified atom stereocenters. The quantitative estimate of drug-likeness (QED) is 0.663. The van der Waals surface area contributed by atoms with Crippen molar-refractivity contribution in [3.8, 4) is 0 Å². The first-order valence-electron chi connectivity index (χ1n) is 4.36. The van der Waals surface area contributed by atoms with Crippen LogP contribution in [0.4, 0.5) is 0 Å². The van der Waals surface area contributed by atoms with Crippen LogP contribution in [0, 0.1) is 0 Å². The lowest BCUT2D eigenvalue weighted by Crippen LogP contribution is -2.21. The van der Waals surface area contributed by atoms with Crippen LogP contribution in [0.1, 0.15) is 10.4 Å². The topological polar surface area (TPSA) is 40.1 Å². The van der Waals surface area contributed by atoms with Gasteiger partial charge in [0.05, 0.1) is 5.97 Å². The summed E-state index contributed by atoms with van der Waals surface area (Å²) >= 11 is 0. The van der Waals surface area contributed by atoms with Crippen molar-refractivity contribution in [2.24, 2.45) is 0 Å². The highest BCUT2D eigenvalue weighted by atomic mass is 31.2. The van der Waals surface area contributed by atoms with Gasteiger partial charge in [-0.15, -0.1) is 0 Å². The number of carboxylic acid groups (broad SMARTS) is 1. The molecule has 0 amide bonds. The lowest BCUT2D eigenvalue weighted by atomic mass is 10.2. The number of hydrogen-bond acceptors (Lipinski definition) is 2. The van der Waals surface area contributed by atoms with Gasteiger partial charge >= 0.3 is 0 Å². The Hall–Kier alpha value is -0.880. The van der Waals surface area contributed by atoms with Crippen LogP contribution in [-0.4, -0.2) is 32.6 Å². The molecule has 2 nitrogen and oxygen atoms in total. The molecule has 0 spiro atoms. The molecule has 0 fully saturated rings. The van der Waals surface area contributed by atoms with E-state index >= 15 is 0 Å². The van der Waals surface area contributed by atoms with E-state index in [1.807, 2.05) is 0 Å². The monoisotopic (exact) mass is 212 g/mol. The zero-order valence-corrected chi connectivity index (χ0v) is 10.0. The van der Waals surface area contributed by atoms with Crippen molar-refractivity contribution in [1.29, 1.82) is 0 Å². The van der Waals surface area contributed by atoms with E-state index in [9.17, 15) is 9.90 Å². The first-order valence-corrected chi connectivity index (χ1v) is 7.94. The van der Waals surface area contributed by atoms with Gasteiger partial charge in [-0.3, -0.25) is 0 Å². The highest BCUT2D eigenvalue weighted by Crippen LogP contribution is 2.40. The second-order valence-corrected chi connectivity index (χ2v) is 9.70. The Bertz CT molecular complexity index is 269. The molecule has 1 aromatic rings. The number of carbonyl (C=O) groups excluding carboxylic acids is 1. The van der Waals surface area contributed by atoms with Gasteiger partial charge in [-0.2, -0.15) is 0 Å². The van der Waals surface area contributed by atoms with Gasteiger partial charge < -0.3 is 9.90 Å². The number of carboxylic acids is 1. The van der Waals surface area contributed by atoms with Crippen LogP contribution in [0.2, 0.25) is 0 Å². The Balaban J connectivity index is 0.000000292. The van der Waals surface area contributed by atoms with Gasteiger partial charge in [0.15, 0.2) is 0 Å². The molecule has 1 aromatic carbocycles. The van der Waals surface area contributed by atoms with E-state index in [-0.39, 0.29) is 12.8 Å². The Labute approximate surface area is 86.3 Å². The van der Waals surface area contributed by atoms with Crippen molar-refractivity contribution in [3.05, 3.63) is 35.9 Å². The maximum Gasteiger partial charge on any atom is 0.0715 e. The number of benzene rings is 1. The zero-order chi connectivity index (χ0) is 11.2. The number of carbonyl (C=O) groups is 1. The molecule has 0 aromatic heterocycles. The van der Waals surface area contributed by atoms with Gasteiger partial charge in [0.25, 0.3) is 0 Å². The largest absolute Gasteiger partial charge is 0.545 e. The van der Waals surface area contributed by atoms with Crippen molar-refractivity contribution in [3.63, 3.8) is 0 Å². The minimum absolute atomic E-state index is 0.220. The van der Waals surface area contributed by atoms with Crippen LogP contribution in [0.15, 0.2) is 30.3 Å². The van der Waals surface area contributed by atoms with E-state index in [1.54, 1.807) is 18.2 Å². The van der Waals surface area contributed by atoms with Gasteiger partial charge in [-0.25, -0.2) is 0 Å². The first-order chi connectivity index (χ1) is 6.30. The third-order valence-electron chi connectivity index (χ3n) is 1.01. The summed E-state index contributed by atoms with van der Waals surface area (Å²) in [5.74, 6) is -1.13. The van der Waals surface area contributed by atoms with E-state index in [2.05, 4.69) is 26.7 Å². The first kappa shape index (κ1) is 13.1. The molecule has 0 saturated heterocycles. The summed E-state index contributed by atoms with van der Waals surface area (Å²) < 4.78 is 0. The van der Waals surface area contributed by atoms with Crippen LogP contribution >= 0.6 is 7.26 Å². The molecule has 0 heterocycles. The molecule has 0 aliphatic rings. The normalized spacial score (nSPS) is 10.0. The maximum atomic E-state index is 10.1. The van der Waals surface area contributed by atoms with Crippen LogP contribution in [0.25, 0.3) is 0 Å². The molecule has 0 aliphatic carbocycles. The van der Waals surface area contributed by atoms with Gasteiger partial charge in [-0.05, 0) is 5.56 Å². The van der Waals surface area contributed by atoms with Crippen LogP contribution in [-0.2, 0) is 0 Å². The lowest BCUT2D eigenvalue weighted by Gasteiger charge is -1.97. The summed E-state index contributed by atoms with van der Waals surface area (Å²) in [5.41, 5.74) is 0.220. The second-order valence-electron chi connectivity index (χ2n) is 4.34. The fourth-order valence-electron chi connectivity index (χ4n) is 0.574. The van der Waals surface area contributed by atoms with Gasteiger partial charge in [-0.1, -0.05) is 30.3 Å². The van der Waals surface area contributed by atoms with Crippen LogP contribution in [0.3, 0.4) is 0 Å². The summed E-state index contributed by atoms with van der Waals surface area (Å²) in [6.45, 7) is 9.19. The molecule has 0 N–H and O–H groups in total. The number of rotatable bonds is 1. The minimum Gasteiger partial charge on any atom is -0.545 e. The molecule has 0 saturated carbocycles. The third kappa shape index (κ3) is 9.21. The Morgan fingerprint density at radius 1 is 1.07 bits per heavy atom.